The number of nitrogens with two attached hydrogens (primary N) is 1. The number of nitrogens with one attached hydrogen (secondary N) is 1. The molecule has 0 aliphatic heterocycles. The molecule has 0 radical (unpaired) electrons. The zero-order chi connectivity index (χ0) is 13.8. The van der Waals surface area contributed by atoms with Crippen molar-refractivity contribution in [3.63, 3.8) is 0 Å². The first-order chi connectivity index (χ1) is 9.15. The molecular formula is C13H12FN3S2. The highest BCUT2D eigenvalue weighted by atomic mass is 32.2. The molecule has 2 rings (SSSR count). The summed E-state index contributed by atoms with van der Waals surface area (Å²) in [7, 11) is 0. The van der Waals surface area contributed by atoms with Crippen molar-refractivity contribution in [2.75, 3.05) is 17.3 Å². The predicted molar refractivity (Wildman–Crippen MR) is 79.0 cm³/mol. The maximum absolute atomic E-state index is 12.8. The molecule has 0 fully saturated rings. The van der Waals surface area contributed by atoms with Crippen molar-refractivity contribution in [1.29, 1.82) is 5.26 Å². The van der Waals surface area contributed by atoms with E-state index < -0.39 is 0 Å². The van der Waals surface area contributed by atoms with Crippen molar-refractivity contribution < 1.29 is 4.39 Å². The number of nitriles is 1. The molecule has 1 aromatic carbocycles. The van der Waals surface area contributed by atoms with E-state index >= 15 is 0 Å². The minimum absolute atomic E-state index is 0.249. The Morgan fingerprint density at radius 2 is 2.11 bits per heavy atom. The second-order valence-corrected chi connectivity index (χ2v) is 5.64. The van der Waals surface area contributed by atoms with Crippen LogP contribution in [0.1, 0.15) is 10.4 Å². The summed E-state index contributed by atoms with van der Waals surface area (Å²) in [5.74, 6) is -0.249. The number of anilines is 2. The molecule has 3 nitrogen and oxygen atoms in total. The van der Waals surface area contributed by atoms with Gasteiger partial charge in [0.1, 0.15) is 21.8 Å². The molecule has 0 bridgehead atoms. The molecule has 3 N–H and O–H groups in total. The number of rotatable bonds is 4. The molecule has 0 atom stereocenters. The van der Waals surface area contributed by atoms with Crippen molar-refractivity contribution >= 4 is 33.8 Å². The molecule has 0 saturated heterocycles. The van der Waals surface area contributed by atoms with Crippen molar-refractivity contribution in [2.45, 2.75) is 11.4 Å². The van der Waals surface area contributed by atoms with Crippen molar-refractivity contribution in [3.8, 4) is 6.07 Å². The Hall–Kier alpha value is -1.71. The van der Waals surface area contributed by atoms with E-state index in [0.29, 0.717) is 17.1 Å². The minimum atomic E-state index is -0.249. The molecule has 19 heavy (non-hydrogen) atoms. The van der Waals surface area contributed by atoms with Gasteiger partial charge in [0, 0.05) is 6.54 Å². The van der Waals surface area contributed by atoms with Crippen LogP contribution in [-0.2, 0) is 6.54 Å². The average molecular weight is 293 g/mol. The van der Waals surface area contributed by atoms with Crippen LogP contribution in [0.25, 0.3) is 0 Å². The van der Waals surface area contributed by atoms with Gasteiger partial charge in [-0.1, -0.05) is 12.1 Å². The van der Waals surface area contributed by atoms with Crippen molar-refractivity contribution in [2.24, 2.45) is 0 Å². The number of nitrogens with zero attached hydrogens (tertiary/aromatic N) is 1. The molecule has 6 heteroatoms. The molecule has 0 amide bonds. The number of halogens is 1. The summed E-state index contributed by atoms with van der Waals surface area (Å²) < 4.78 is 12.8. The summed E-state index contributed by atoms with van der Waals surface area (Å²) in [5, 5.41) is 13.1. The van der Waals surface area contributed by atoms with Gasteiger partial charge in [-0.25, -0.2) is 4.39 Å². The molecule has 2 aromatic rings. The lowest BCUT2D eigenvalue weighted by Crippen LogP contribution is -1.98. The molecule has 98 valence electrons. The van der Waals surface area contributed by atoms with E-state index in [1.165, 1.54) is 35.2 Å². The average Bonchev–Trinajstić information content (AvgIpc) is 2.73. The van der Waals surface area contributed by atoms with Gasteiger partial charge in [-0.3, -0.25) is 0 Å². The third-order valence-electron chi connectivity index (χ3n) is 2.57. The minimum Gasteiger partial charge on any atom is -0.396 e. The highest BCUT2D eigenvalue weighted by molar-refractivity contribution is 7.99. The Labute approximate surface area is 119 Å². The second-order valence-electron chi connectivity index (χ2n) is 3.80. The van der Waals surface area contributed by atoms with Gasteiger partial charge in [-0.15, -0.1) is 23.1 Å². The maximum Gasteiger partial charge on any atom is 0.131 e. The van der Waals surface area contributed by atoms with E-state index in [2.05, 4.69) is 11.4 Å². The Bertz CT molecular complexity index is 614. The summed E-state index contributed by atoms with van der Waals surface area (Å²) in [5.41, 5.74) is 7.39. The van der Waals surface area contributed by atoms with E-state index in [9.17, 15) is 4.39 Å². The van der Waals surface area contributed by atoms with E-state index in [1.807, 2.05) is 6.26 Å². The van der Waals surface area contributed by atoms with Crippen molar-refractivity contribution in [1.82, 2.24) is 0 Å². The fraction of sp³-hybridized carbons (Fsp3) is 0.154. The second kappa shape index (κ2) is 5.95. The summed E-state index contributed by atoms with van der Waals surface area (Å²) >= 11 is 2.85. The third-order valence-corrected chi connectivity index (χ3v) is 4.60. The monoisotopic (exact) mass is 293 g/mol. The van der Waals surface area contributed by atoms with Crippen LogP contribution >= 0.6 is 23.1 Å². The maximum atomic E-state index is 12.8. The van der Waals surface area contributed by atoms with Gasteiger partial charge >= 0.3 is 0 Å². The molecule has 0 aliphatic rings. The van der Waals surface area contributed by atoms with Crippen LogP contribution in [0.3, 0.4) is 0 Å². The van der Waals surface area contributed by atoms with Crippen molar-refractivity contribution in [3.05, 3.63) is 40.5 Å². The quantitative estimate of drug-likeness (QED) is 0.844. The number of nitrogen functional groups attached to an aromatic ring is 1. The van der Waals surface area contributed by atoms with E-state index in [4.69, 9.17) is 11.0 Å². The van der Waals surface area contributed by atoms with Gasteiger partial charge in [0.25, 0.3) is 0 Å². The number of thiophene rings is 1. The van der Waals surface area contributed by atoms with Crippen LogP contribution in [0.15, 0.2) is 29.2 Å². The fourth-order valence-electron chi connectivity index (χ4n) is 1.62. The summed E-state index contributed by atoms with van der Waals surface area (Å²) in [6.45, 7) is 0.568. The van der Waals surface area contributed by atoms with Crippen LogP contribution in [0.5, 0.6) is 0 Å². The van der Waals surface area contributed by atoms with E-state index in [1.54, 1.807) is 12.1 Å². The Morgan fingerprint density at radius 3 is 2.68 bits per heavy atom. The Balaban J connectivity index is 2.15. The van der Waals surface area contributed by atoms with Gasteiger partial charge in [0.2, 0.25) is 0 Å². The normalized spacial score (nSPS) is 10.2. The van der Waals surface area contributed by atoms with Gasteiger partial charge < -0.3 is 11.1 Å². The molecule has 0 aliphatic carbocycles. The lowest BCUT2D eigenvalue weighted by molar-refractivity contribution is 0.627. The van der Waals surface area contributed by atoms with Crippen LogP contribution in [0, 0.1) is 17.1 Å². The van der Waals surface area contributed by atoms with Crippen LogP contribution in [-0.4, -0.2) is 6.26 Å². The SMILES string of the molecule is CSc1c(NCc2ccc(F)cc2)sc(C#N)c1N. The molecule has 0 spiro atoms. The first-order valence-electron chi connectivity index (χ1n) is 5.50. The first-order valence-corrected chi connectivity index (χ1v) is 7.54. The lowest BCUT2D eigenvalue weighted by Gasteiger charge is -2.06. The number of hydrogen-bond donors (Lipinski definition) is 2. The van der Waals surface area contributed by atoms with Crippen LogP contribution < -0.4 is 11.1 Å². The van der Waals surface area contributed by atoms with Gasteiger partial charge in [0.15, 0.2) is 0 Å². The molecule has 0 saturated carbocycles. The van der Waals surface area contributed by atoms with Gasteiger partial charge in [0.05, 0.1) is 10.6 Å². The first kappa shape index (κ1) is 13.7. The Kier molecular flexibility index (Phi) is 4.30. The van der Waals surface area contributed by atoms with E-state index in [-0.39, 0.29) is 5.82 Å². The largest absolute Gasteiger partial charge is 0.396 e. The topological polar surface area (TPSA) is 61.8 Å². The third kappa shape index (κ3) is 3.00. The zero-order valence-electron chi connectivity index (χ0n) is 10.2. The molecule has 1 aromatic heterocycles. The fourth-order valence-corrected chi connectivity index (χ4v) is 3.44. The zero-order valence-corrected chi connectivity index (χ0v) is 11.9. The predicted octanol–water partition coefficient (Wildman–Crippen LogP) is 3.68. The Morgan fingerprint density at radius 1 is 1.42 bits per heavy atom. The van der Waals surface area contributed by atoms with E-state index in [0.717, 1.165) is 15.5 Å². The van der Waals surface area contributed by atoms with Gasteiger partial charge in [-0.05, 0) is 24.0 Å². The molecule has 1 heterocycles. The summed E-state index contributed by atoms with van der Waals surface area (Å²) in [6, 6.07) is 8.39. The summed E-state index contributed by atoms with van der Waals surface area (Å²) in [6.07, 6.45) is 1.92. The van der Waals surface area contributed by atoms with Crippen LogP contribution in [0.2, 0.25) is 0 Å². The summed E-state index contributed by atoms with van der Waals surface area (Å²) in [4.78, 5) is 1.41. The lowest BCUT2D eigenvalue weighted by atomic mass is 10.2. The highest BCUT2D eigenvalue weighted by Gasteiger charge is 2.14. The number of thioether (sulfide) groups is 1. The van der Waals surface area contributed by atoms with Gasteiger partial charge in [-0.2, -0.15) is 5.26 Å². The number of hydrogen-bond acceptors (Lipinski definition) is 5. The standard InChI is InChI=1S/C13H12FN3S2/c1-18-12-11(16)10(6-15)19-13(12)17-7-8-2-4-9(14)5-3-8/h2-5,17H,7,16H2,1H3. The van der Waals surface area contributed by atoms with Crippen LogP contribution in [0.4, 0.5) is 15.1 Å². The molecular weight excluding hydrogens is 281 g/mol. The smallest absolute Gasteiger partial charge is 0.131 e. The highest BCUT2D eigenvalue weighted by Crippen LogP contribution is 2.41. The molecule has 0 unspecified atom stereocenters. The number of benzene rings is 1.